The zero-order valence-corrected chi connectivity index (χ0v) is 13.0. The van der Waals surface area contributed by atoms with Crippen molar-refractivity contribution in [2.24, 2.45) is 5.92 Å². The van der Waals surface area contributed by atoms with Crippen molar-refractivity contribution in [1.29, 1.82) is 0 Å². The first-order valence-corrected chi connectivity index (χ1v) is 7.91. The molecule has 1 aliphatic carbocycles. The molecule has 2 rings (SSSR count). The number of hydrogen-bond acceptors (Lipinski definition) is 2. The van der Waals surface area contributed by atoms with Gasteiger partial charge in [0.2, 0.25) is 5.91 Å². The van der Waals surface area contributed by atoms with Crippen LogP contribution in [0, 0.1) is 5.92 Å². The highest BCUT2D eigenvalue weighted by Gasteiger charge is 2.21. The highest BCUT2D eigenvalue weighted by molar-refractivity contribution is 5.92. The van der Waals surface area contributed by atoms with Gasteiger partial charge in [0.25, 0.3) is 0 Å². The summed E-state index contributed by atoms with van der Waals surface area (Å²) in [6, 6.07) is 8.08. The van der Waals surface area contributed by atoms with Gasteiger partial charge in [-0.25, -0.2) is 0 Å². The number of rotatable bonds is 5. The summed E-state index contributed by atoms with van der Waals surface area (Å²) in [5.41, 5.74) is 0.936. The minimum Gasteiger partial charge on any atom is -0.493 e. The quantitative estimate of drug-likeness (QED) is 0.837. The van der Waals surface area contributed by atoms with E-state index in [4.69, 9.17) is 4.74 Å². The summed E-state index contributed by atoms with van der Waals surface area (Å²) in [4.78, 5) is 12.1. The molecule has 1 saturated carbocycles. The highest BCUT2D eigenvalue weighted by atomic mass is 16.5. The monoisotopic (exact) mass is 287 g/mol. The zero-order chi connectivity index (χ0) is 15.1. The minimum atomic E-state index is -0.0138. The lowest BCUT2D eigenvalue weighted by Crippen LogP contribution is -2.40. The molecule has 0 aromatic heterocycles. The van der Waals surface area contributed by atoms with Crippen molar-refractivity contribution in [2.45, 2.75) is 45.6 Å². The fraction of sp³-hybridized carbons (Fsp3) is 0.500. The molecule has 1 fully saturated rings. The van der Waals surface area contributed by atoms with Crippen LogP contribution < -0.4 is 10.1 Å². The number of para-hydroxylation sites is 1. The third-order valence-corrected chi connectivity index (χ3v) is 4.07. The van der Waals surface area contributed by atoms with Crippen LogP contribution in [-0.4, -0.2) is 18.6 Å². The average molecular weight is 287 g/mol. The van der Waals surface area contributed by atoms with E-state index in [2.05, 4.69) is 12.2 Å². The molecule has 1 N–H and O–H groups in total. The van der Waals surface area contributed by atoms with Gasteiger partial charge in [-0.3, -0.25) is 4.79 Å². The number of amides is 1. The summed E-state index contributed by atoms with van der Waals surface area (Å²) in [6.45, 7) is 4.80. The van der Waals surface area contributed by atoms with Gasteiger partial charge in [-0.05, 0) is 37.8 Å². The van der Waals surface area contributed by atoms with Crippen molar-refractivity contribution in [2.75, 3.05) is 6.61 Å². The standard InChI is InChI=1S/C18H25NO2/c1-3-21-17-11-7-5-9-15(17)12-13-18(20)19-16-10-6-4-8-14(16)2/h5,7,9,11-14,16H,3-4,6,8,10H2,1-2H3,(H,19,20)/b13-12+. The van der Waals surface area contributed by atoms with E-state index in [1.807, 2.05) is 37.3 Å². The van der Waals surface area contributed by atoms with Gasteiger partial charge in [-0.1, -0.05) is 38.0 Å². The molecular weight excluding hydrogens is 262 g/mol. The van der Waals surface area contributed by atoms with E-state index < -0.39 is 0 Å². The second-order valence-corrected chi connectivity index (χ2v) is 5.68. The summed E-state index contributed by atoms with van der Waals surface area (Å²) in [5.74, 6) is 1.38. The maximum absolute atomic E-state index is 12.1. The summed E-state index contributed by atoms with van der Waals surface area (Å²) in [6.07, 6.45) is 8.24. The van der Waals surface area contributed by atoms with E-state index in [1.165, 1.54) is 19.3 Å². The highest BCUT2D eigenvalue weighted by Crippen LogP contribution is 2.24. The summed E-state index contributed by atoms with van der Waals surface area (Å²) >= 11 is 0. The second kappa shape index (κ2) is 7.87. The number of ether oxygens (including phenoxy) is 1. The second-order valence-electron chi connectivity index (χ2n) is 5.68. The molecule has 0 spiro atoms. The number of carbonyl (C=O) groups excluding carboxylic acids is 1. The summed E-state index contributed by atoms with van der Waals surface area (Å²) in [7, 11) is 0. The van der Waals surface area contributed by atoms with Gasteiger partial charge in [0.05, 0.1) is 6.61 Å². The van der Waals surface area contributed by atoms with Crippen molar-refractivity contribution in [3.8, 4) is 5.75 Å². The van der Waals surface area contributed by atoms with E-state index in [0.29, 0.717) is 18.6 Å². The average Bonchev–Trinajstić information content (AvgIpc) is 2.49. The number of benzene rings is 1. The maximum Gasteiger partial charge on any atom is 0.244 e. The van der Waals surface area contributed by atoms with Crippen LogP contribution in [-0.2, 0) is 4.79 Å². The van der Waals surface area contributed by atoms with Crippen molar-refractivity contribution < 1.29 is 9.53 Å². The SMILES string of the molecule is CCOc1ccccc1/C=C/C(=O)NC1CCCCC1C. The molecule has 1 aromatic rings. The van der Waals surface area contributed by atoms with Gasteiger partial charge < -0.3 is 10.1 Å². The van der Waals surface area contributed by atoms with Crippen LogP contribution in [0.3, 0.4) is 0 Å². The maximum atomic E-state index is 12.1. The lowest BCUT2D eigenvalue weighted by Gasteiger charge is -2.29. The fourth-order valence-electron chi connectivity index (χ4n) is 2.83. The number of carbonyl (C=O) groups is 1. The molecule has 2 unspecified atom stereocenters. The van der Waals surface area contributed by atoms with E-state index in [9.17, 15) is 4.79 Å². The lowest BCUT2D eigenvalue weighted by atomic mass is 9.86. The van der Waals surface area contributed by atoms with Crippen LogP contribution >= 0.6 is 0 Å². The van der Waals surface area contributed by atoms with E-state index in [1.54, 1.807) is 6.08 Å². The van der Waals surface area contributed by atoms with Crippen LogP contribution in [0.1, 0.15) is 45.1 Å². The van der Waals surface area contributed by atoms with E-state index in [0.717, 1.165) is 17.7 Å². The van der Waals surface area contributed by atoms with Crippen molar-refractivity contribution in [3.05, 3.63) is 35.9 Å². The van der Waals surface area contributed by atoms with Gasteiger partial charge in [0, 0.05) is 17.7 Å². The Labute approximate surface area is 127 Å². The Morgan fingerprint density at radius 3 is 2.86 bits per heavy atom. The molecule has 0 heterocycles. The molecule has 1 aromatic carbocycles. The first-order valence-electron chi connectivity index (χ1n) is 7.91. The van der Waals surface area contributed by atoms with Gasteiger partial charge in [0.1, 0.15) is 5.75 Å². The molecule has 1 aliphatic rings. The molecule has 0 radical (unpaired) electrons. The Morgan fingerprint density at radius 1 is 1.33 bits per heavy atom. The molecule has 0 aliphatic heterocycles. The first-order chi connectivity index (χ1) is 10.2. The zero-order valence-electron chi connectivity index (χ0n) is 13.0. The third-order valence-electron chi connectivity index (χ3n) is 4.07. The normalized spacial score (nSPS) is 22.2. The summed E-state index contributed by atoms with van der Waals surface area (Å²) in [5, 5.41) is 3.12. The Balaban J connectivity index is 1.95. The molecule has 2 atom stereocenters. The smallest absolute Gasteiger partial charge is 0.244 e. The van der Waals surface area contributed by atoms with Crippen molar-refractivity contribution >= 4 is 12.0 Å². The van der Waals surface area contributed by atoms with Crippen LogP contribution in [0.25, 0.3) is 6.08 Å². The lowest BCUT2D eigenvalue weighted by molar-refractivity contribution is -0.117. The van der Waals surface area contributed by atoms with E-state index >= 15 is 0 Å². The Bertz CT molecular complexity index is 496. The Hall–Kier alpha value is -1.77. The Kier molecular flexibility index (Phi) is 5.85. The van der Waals surface area contributed by atoms with Gasteiger partial charge in [-0.2, -0.15) is 0 Å². The molecule has 21 heavy (non-hydrogen) atoms. The van der Waals surface area contributed by atoms with E-state index in [-0.39, 0.29) is 5.91 Å². The fourth-order valence-corrected chi connectivity index (χ4v) is 2.83. The predicted molar refractivity (Wildman–Crippen MR) is 86.2 cm³/mol. The Morgan fingerprint density at radius 2 is 2.10 bits per heavy atom. The molecule has 114 valence electrons. The molecule has 3 nitrogen and oxygen atoms in total. The predicted octanol–water partition coefficient (Wildman–Crippen LogP) is 3.79. The minimum absolute atomic E-state index is 0.0138. The van der Waals surface area contributed by atoms with Crippen LogP contribution in [0.5, 0.6) is 5.75 Å². The van der Waals surface area contributed by atoms with Crippen LogP contribution in [0.2, 0.25) is 0 Å². The van der Waals surface area contributed by atoms with Gasteiger partial charge in [-0.15, -0.1) is 0 Å². The number of nitrogens with one attached hydrogen (secondary N) is 1. The molecule has 0 saturated heterocycles. The summed E-state index contributed by atoms with van der Waals surface area (Å²) < 4.78 is 5.55. The van der Waals surface area contributed by atoms with Crippen LogP contribution in [0.15, 0.2) is 30.3 Å². The first kappa shape index (κ1) is 15.6. The van der Waals surface area contributed by atoms with Crippen molar-refractivity contribution in [3.63, 3.8) is 0 Å². The van der Waals surface area contributed by atoms with Gasteiger partial charge in [0.15, 0.2) is 0 Å². The molecule has 1 amide bonds. The third kappa shape index (κ3) is 4.62. The molecule has 3 heteroatoms. The topological polar surface area (TPSA) is 38.3 Å². The van der Waals surface area contributed by atoms with Crippen molar-refractivity contribution in [1.82, 2.24) is 5.32 Å². The van der Waals surface area contributed by atoms with Gasteiger partial charge >= 0.3 is 0 Å². The molecular formula is C18H25NO2. The number of hydrogen-bond donors (Lipinski definition) is 1. The largest absolute Gasteiger partial charge is 0.493 e. The van der Waals surface area contributed by atoms with Crippen LogP contribution in [0.4, 0.5) is 0 Å². The molecule has 0 bridgehead atoms.